The van der Waals surface area contributed by atoms with Crippen molar-refractivity contribution in [1.82, 2.24) is 10.2 Å². The number of halogens is 1. The Morgan fingerprint density at radius 2 is 1.94 bits per heavy atom. The molecule has 4 nitrogen and oxygen atoms in total. The zero-order valence-corrected chi connectivity index (χ0v) is 11.0. The summed E-state index contributed by atoms with van der Waals surface area (Å²) in [5, 5.41) is 2.78. The molecule has 0 fully saturated rings. The molecule has 2 atom stereocenters. The van der Waals surface area contributed by atoms with Gasteiger partial charge >= 0.3 is 0 Å². The second kappa shape index (κ2) is 6.47. The minimum Gasteiger partial charge on any atom is -0.353 e. The predicted molar refractivity (Wildman–Crippen MR) is 69.5 cm³/mol. The molecule has 100 valence electrons. The monoisotopic (exact) mass is 253 g/mol. The molecule has 0 saturated heterocycles. The molecule has 1 rings (SSSR count). The van der Waals surface area contributed by atoms with Gasteiger partial charge in [0.15, 0.2) is 0 Å². The Kier molecular flexibility index (Phi) is 5.25. The fraction of sp³-hybridized carbons (Fsp3) is 0.462. The first-order chi connectivity index (χ1) is 8.41. The van der Waals surface area contributed by atoms with Gasteiger partial charge in [-0.3, -0.25) is 4.79 Å². The van der Waals surface area contributed by atoms with E-state index in [2.05, 4.69) is 5.32 Å². The normalized spacial score (nSPS) is 14.3. The maximum absolute atomic E-state index is 12.9. The molecule has 0 heterocycles. The smallest absolute Gasteiger partial charge is 0.236 e. The van der Waals surface area contributed by atoms with Gasteiger partial charge in [0.25, 0.3) is 0 Å². The molecule has 0 bridgehead atoms. The first-order valence-electron chi connectivity index (χ1n) is 5.87. The van der Waals surface area contributed by atoms with Crippen molar-refractivity contribution in [2.45, 2.75) is 19.0 Å². The number of benzene rings is 1. The van der Waals surface area contributed by atoms with Crippen LogP contribution in [0.4, 0.5) is 4.39 Å². The van der Waals surface area contributed by atoms with E-state index in [9.17, 15) is 9.18 Å². The van der Waals surface area contributed by atoms with Gasteiger partial charge in [-0.05, 0) is 38.7 Å². The summed E-state index contributed by atoms with van der Waals surface area (Å²) in [7, 11) is 3.82. The van der Waals surface area contributed by atoms with Crippen LogP contribution in [-0.2, 0) is 4.79 Å². The Labute approximate surface area is 107 Å². The van der Waals surface area contributed by atoms with Crippen molar-refractivity contribution < 1.29 is 9.18 Å². The topological polar surface area (TPSA) is 58.4 Å². The van der Waals surface area contributed by atoms with Crippen molar-refractivity contribution in [3.63, 3.8) is 0 Å². The highest BCUT2D eigenvalue weighted by Crippen LogP contribution is 2.17. The number of carbonyl (C=O) groups is 1. The summed E-state index contributed by atoms with van der Waals surface area (Å²) in [4.78, 5) is 13.4. The molecular weight excluding hydrogens is 233 g/mol. The fourth-order valence-electron chi connectivity index (χ4n) is 1.64. The van der Waals surface area contributed by atoms with E-state index in [0.717, 1.165) is 5.56 Å². The van der Waals surface area contributed by atoms with E-state index in [1.165, 1.54) is 12.1 Å². The Hall–Kier alpha value is -1.46. The molecule has 2 unspecified atom stereocenters. The number of nitrogens with zero attached hydrogens (tertiary/aromatic N) is 1. The number of amides is 1. The summed E-state index contributed by atoms with van der Waals surface area (Å²) in [6.45, 7) is 2.08. The average Bonchev–Trinajstić information content (AvgIpc) is 2.30. The number of rotatable bonds is 5. The lowest BCUT2D eigenvalue weighted by molar-refractivity contribution is -0.122. The third kappa shape index (κ3) is 4.09. The molecule has 0 aliphatic carbocycles. The van der Waals surface area contributed by atoms with Crippen molar-refractivity contribution in [1.29, 1.82) is 0 Å². The van der Waals surface area contributed by atoms with Crippen LogP contribution in [0.25, 0.3) is 0 Å². The molecule has 1 amide bonds. The molecule has 0 aromatic heterocycles. The van der Waals surface area contributed by atoms with Crippen molar-refractivity contribution >= 4 is 5.91 Å². The van der Waals surface area contributed by atoms with Crippen molar-refractivity contribution in [2.75, 3.05) is 20.6 Å². The first-order valence-corrected chi connectivity index (χ1v) is 5.87. The van der Waals surface area contributed by atoms with Gasteiger partial charge in [-0.2, -0.15) is 0 Å². The maximum Gasteiger partial charge on any atom is 0.236 e. The second-order valence-corrected chi connectivity index (χ2v) is 4.56. The van der Waals surface area contributed by atoms with E-state index in [4.69, 9.17) is 5.73 Å². The Balaban J connectivity index is 2.72. The number of hydrogen-bond acceptors (Lipinski definition) is 3. The van der Waals surface area contributed by atoms with Crippen LogP contribution in [0.3, 0.4) is 0 Å². The third-order valence-corrected chi connectivity index (χ3v) is 2.76. The van der Waals surface area contributed by atoms with Crippen LogP contribution in [0, 0.1) is 5.82 Å². The Bertz CT molecular complexity index is 390. The highest BCUT2D eigenvalue weighted by molar-refractivity contribution is 5.80. The molecule has 1 aromatic rings. The lowest BCUT2D eigenvalue weighted by atomic mass is 10.1. The summed E-state index contributed by atoms with van der Waals surface area (Å²) in [6, 6.07) is 5.74. The standard InChI is InChI=1S/C13H20FN3O/c1-9(15)13(18)16-8-12(17(2)3)10-4-6-11(14)7-5-10/h4-7,9,12H,8,15H2,1-3H3,(H,16,18). The summed E-state index contributed by atoms with van der Waals surface area (Å²) >= 11 is 0. The van der Waals surface area contributed by atoms with Crippen LogP contribution >= 0.6 is 0 Å². The summed E-state index contributed by atoms with van der Waals surface area (Å²) in [5.41, 5.74) is 6.43. The maximum atomic E-state index is 12.9. The molecule has 5 heteroatoms. The zero-order valence-electron chi connectivity index (χ0n) is 11.0. The van der Waals surface area contributed by atoms with E-state index in [-0.39, 0.29) is 17.8 Å². The highest BCUT2D eigenvalue weighted by Gasteiger charge is 2.16. The number of likely N-dealkylation sites (N-methyl/N-ethyl adjacent to an activating group) is 1. The third-order valence-electron chi connectivity index (χ3n) is 2.76. The Morgan fingerprint density at radius 3 is 2.39 bits per heavy atom. The molecule has 0 aliphatic heterocycles. The summed E-state index contributed by atoms with van der Waals surface area (Å²) < 4.78 is 12.9. The van der Waals surface area contributed by atoms with Crippen molar-refractivity contribution in [3.8, 4) is 0 Å². The van der Waals surface area contributed by atoms with Crippen LogP contribution < -0.4 is 11.1 Å². The minimum atomic E-state index is -0.527. The van der Waals surface area contributed by atoms with Crippen molar-refractivity contribution in [2.24, 2.45) is 5.73 Å². The van der Waals surface area contributed by atoms with Crippen LogP contribution in [-0.4, -0.2) is 37.5 Å². The fourth-order valence-corrected chi connectivity index (χ4v) is 1.64. The molecule has 1 aromatic carbocycles. The molecular formula is C13H20FN3O. The minimum absolute atomic E-state index is 0.00620. The number of carbonyl (C=O) groups excluding carboxylic acids is 1. The van der Waals surface area contributed by atoms with Crippen LogP contribution in [0.1, 0.15) is 18.5 Å². The van der Waals surface area contributed by atoms with Gasteiger partial charge in [-0.1, -0.05) is 12.1 Å². The molecule has 0 saturated carbocycles. The van der Waals surface area contributed by atoms with E-state index in [1.807, 2.05) is 19.0 Å². The predicted octanol–water partition coefficient (Wildman–Crippen LogP) is 0.892. The molecule has 0 aliphatic rings. The molecule has 0 spiro atoms. The average molecular weight is 253 g/mol. The van der Waals surface area contributed by atoms with Gasteiger partial charge in [0.1, 0.15) is 5.82 Å². The van der Waals surface area contributed by atoms with E-state index >= 15 is 0 Å². The quantitative estimate of drug-likeness (QED) is 0.819. The first kappa shape index (κ1) is 14.6. The van der Waals surface area contributed by atoms with Crippen molar-refractivity contribution in [3.05, 3.63) is 35.6 Å². The van der Waals surface area contributed by atoms with Crippen LogP contribution in [0.5, 0.6) is 0 Å². The second-order valence-electron chi connectivity index (χ2n) is 4.56. The Morgan fingerprint density at radius 1 is 1.39 bits per heavy atom. The number of nitrogens with two attached hydrogens (primary N) is 1. The van der Waals surface area contributed by atoms with Gasteiger partial charge < -0.3 is 16.0 Å². The highest BCUT2D eigenvalue weighted by atomic mass is 19.1. The van der Waals surface area contributed by atoms with Crippen LogP contribution in [0.15, 0.2) is 24.3 Å². The SMILES string of the molecule is CC(N)C(=O)NCC(c1ccc(F)cc1)N(C)C. The number of nitrogens with one attached hydrogen (secondary N) is 1. The molecule has 3 N–H and O–H groups in total. The van der Waals surface area contributed by atoms with Gasteiger partial charge in [0.2, 0.25) is 5.91 Å². The largest absolute Gasteiger partial charge is 0.353 e. The van der Waals surface area contributed by atoms with E-state index in [1.54, 1.807) is 19.1 Å². The summed E-state index contributed by atoms with van der Waals surface area (Å²) in [5.74, 6) is -0.458. The van der Waals surface area contributed by atoms with Crippen LogP contribution in [0.2, 0.25) is 0 Å². The van der Waals surface area contributed by atoms with Gasteiger partial charge in [0.05, 0.1) is 12.1 Å². The van der Waals surface area contributed by atoms with E-state index < -0.39 is 6.04 Å². The van der Waals surface area contributed by atoms with E-state index in [0.29, 0.717) is 6.54 Å². The molecule has 18 heavy (non-hydrogen) atoms. The van der Waals surface area contributed by atoms with Gasteiger partial charge in [-0.15, -0.1) is 0 Å². The lowest BCUT2D eigenvalue weighted by Crippen LogP contribution is -2.42. The number of hydrogen-bond donors (Lipinski definition) is 2. The summed E-state index contributed by atoms with van der Waals surface area (Å²) in [6.07, 6.45) is 0. The lowest BCUT2D eigenvalue weighted by Gasteiger charge is -2.25. The van der Waals surface area contributed by atoms with Gasteiger partial charge in [0, 0.05) is 6.54 Å². The zero-order chi connectivity index (χ0) is 13.7. The molecule has 0 radical (unpaired) electrons. The van der Waals surface area contributed by atoms with Gasteiger partial charge in [-0.25, -0.2) is 4.39 Å².